The second-order valence-electron chi connectivity index (χ2n) is 5.70. The van der Waals surface area contributed by atoms with E-state index in [1.807, 2.05) is 30.0 Å². The van der Waals surface area contributed by atoms with Gasteiger partial charge < -0.3 is 10.4 Å². The average molecular weight is 313 g/mol. The average Bonchev–Trinajstić information content (AvgIpc) is 3.28. The zero-order valence-electron chi connectivity index (χ0n) is 12.3. The quantitative estimate of drug-likeness (QED) is 0.816. The predicted molar refractivity (Wildman–Crippen MR) is 89.4 cm³/mol. The van der Waals surface area contributed by atoms with Gasteiger partial charge >= 0.3 is 5.97 Å². The van der Waals surface area contributed by atoms with E-state index >= 15 is 0 Å². The van der Waals surface area contributed by atoms with Crippen LogP contribution in [0, 0.1) is 0 Å². The third kappa shape index (κ3) is 3.90. The van der Waals surface area contributed by atoms with Crippen molar-refractivity contribution in [3.63, 3.8) is 0 Å². The lowest BCUT2D eigenvalue weighted by molar-refractivity contribution is 0.0697. The number of hydrogen-bond donors (Lipinski definition) is 2. The Morgan fingerprint density at radius 3 is 2.36 bits per heavy atom. The van der Waals surface area contributed by atoms with E-state index in [2.05, 4.69) is 29.6 Å². The fourth-order valence-corrected chi connectivity index (χ4v) is 3.67. The van der Waals surface area contributed by atoms with E-state index in [0.29, 0.717) is 10.3 Å². The van der Waals surface area contributed by atoms with Crippen LogP contribution in [0.1, 0.15) is 28.8 Å². The molecule has 2 N–H and O–H groups in total. The number of benzene rings is 2. The molecule has 1 fully saturated rings. The Morgan fingerprint density at radius 2 is 1.77 bits per heavy atom. The van der Waals surface area contributed by atoms with E-state index < -0.39 is 5.97 Å². The second-order valence-corrected chi connectivity index (χ2v) is 7.25. The Labute approximate surface area is 134 Å². The van der Waals surface area contributed by atoms with Gasteiger partial charge in [0.15, 0.2) is 0 Å². The van der Waals surface area contributed by atoms with Gasteiger partial charge in [-0.3, -0.25) is 0 Å². The number of carboxylic acid groups (broad SMARTS) is 1. The summed E-state index contributed by atoms with van der Waals surface area (Å²) in [5.74, 6) is -0.879. The first-order valence-electron chi connectivity index (χ1n) is 7.44. The van der Waals surface area contributed by atoms with Crippen LogP contribution in [0.15, 0.2) is 59.5 Å². The number of nitrogens with one attached hydrogen (secondary N) is 1. The smallest absolute Gasteiger partial charge is 0.335 e. The maximum atomic E-state index is 10.8. The summed E-state index contributed by atoms with van der Waals surface area (Å²) in [5.41, 5.74) is 1.45. The van der Waals surface area contributed by atoms with Crippen molar-refractivity contribution in [2.24, 2.45) is 0 Å². The van der Waals surface area contributed by atoms with Crippen molar-refractivity contribution < 1.29 is 9.90 Å². The van der Waals surface area contributed by atoms with Gasteiger partial charge in [0.2, 0.25) is 0 Å². The van der Waals surface area contributed by atoms with Crippen LogP contribution in [-0.2, 0) is 6.54 Å². The van der Waals surface area contributed by atoms with E-state index in [4.69, 9.17) is 5.11 Å². The Kier molecular flexibility index (Phi) is 4.50. The van der Waals surface area contributed by atoms with Crippen molar-refractivity contribution in [2.45, 2.75) is 29.0 Å². The molecule has 0 saturated heterocycles. The molecule has 0 unspecified atom stereocenters. The number of aromatic carboxylic acids is 1. The fraction of sp³-hybridized carbons (Fsp3) is 0.278. The van der Waals surface area contributed by atoms with Gasteiger partial charge in [0.05, 0.1) is 5.56 Å². The summed E-state index contributed by atoms with van der Waals surface area (Å²) < 4.78 is 0.336. The molecule has 0 radical (unpaired) electrons. The molecule has 0 amide bonds. The minimum atomic E-state index is -0.879. The molecular formula is C18H19NO2S. The first-order chi connectivity index (χ1) is 10.7. The van der Waals surface area contributed by atoms with Crippen molar-refractivity contribution in [3.8, 4) is 0 Å². The first-order valence-corrected chi connectivity index (χ1v) is 8.26. The van der Waals surface area contributed by atoms with E-state index in [0.717, 1.165) is 18.7 Å². The van der Waals surface area contributed by atoms with E-state index in [1.165, 1.54) is 17.7 Å². The predicted octanol–water partition coefficient (Wildman–Crippen LogP) is 3.80. The summed E-state index contributed by atoms with van der Waals surface area (Å²) in [6, 6.07) is 17.6. The molecule has 0 spiro atoms. The Bertz CT molecular complexity index is 636. The molecule has 1 saturated carbocycles. The highest BCUT2D eigenvalue weighted by molar-refractivity contribution is 8.01. The summed E-state index contributed by atoms with van der Waals surface area (Å²) in [6.07, 6.45) is 2.50. The summed E-state index contributed by atoms with van der Waals surface area (Å²) in [6.45, 7) is 1.75. The number of carboxylic acids is 1. The second kappa shape index (κ2) is 6.55. The van der Waals surface area contributed by atoms with Gasteiger partial charge in [0, 0.05) is 22.7 Å². The van der Waals surface area contributed by atoms with Gasteiger partial charge in [-0.25, -0.2) is 4.79 Å². The highest BCUT2D eigenvalue weighted by Gasteiger charge is 2.43. The topological polar surface area (TPSA) is 49.3 Å². The van der Waals surface area contributed by atoms with Gasteiger partial charge in [-0.1, -0.05) is 30.3 Å². The Balaban J connectivity index is 1.49. The largest absolute Gasteiger partial charge is 0.478 e. The van der Waals surface area contributed by atoms with Crippen LogP contribution in [0.25, 0.3) is 0 Å². The molecule has 0 bridgehead atoms. The number of thioether (sulfide) groups is 1. The fourth-order valence-electron chi connectivity index (χ4n) is 2.39. The third-order valence-electron chi connectivity index (χ3n) is 3.86. The molecule has 0 aliphatic heterocycles. The highest BCUT2D eigenvalue weighted by Crippen LogP contribution is 2.51. The molecule has 3 nitrogen and oxygen atoms in total. The molecule has 1 aliphatic rings. The van der Waals surface area contributed by atoms with Gasteiger partial charge in [0.25, 0.3) is 0 Å². The van der Waals surface area contributed by atoms with Crippen LogP contribution in [-0.4, -0.2) is 22.4 Å². The Hall–Kier alpha value is -1.78. The summed E-state index contributed by atoms with van der Waals surface area (Å²) in [7, 11) is 0. The summed E-state index contributed by atoms with van der Waals surface area (Å²) >= 11 is 1.96. The van der Waals surface area contributed by atoms with Gasteiger partial charge in [-0.2, -0.15) is 0 Å². The molecule has 0 heterocycles. The molecule has 0 aromatic heterocycles. The monoisotopic (exact) mass is 313 g/mol. The van der Waals surface area contributed by atoms with Gasteiger partial charge in [-0.05, 0) is 42.7 Å². The highest BCUT2D eigenvalue weighted by atomic mass is 32.2. The minimum Gasteiger partial charge on any atom is -0.478 e. The molecule has 4 heteroatoms. The maximum absolute atomic E-state index is 10.8. The minimum absolute atomic E-state index is 0.335. The van der Waals surface area contributed by atoms with Crippen LogP contribution in [0.3, 0.4) is 0 Å². The summed E-state index contributed by atoms with van der Waals surface area (Å²) in [5, 5.41) is 12.4. The van der Waals surface area contributed by atoms with Gasteiger partial charge in [0.1, 0.15) is 0 Å². The standard InChI is InChI=1S/C18H19NO2S/c20-17(21)15-8-6-14(7-9-15)12-19-13-18(10-11-18)22-16-4-2-1-3-5-16/h1-9,19H,10-13H2,(H,20,21). The van der Waals surface area contributed by atoms with Crippen LogP contribution < -0.4 is 5.32 Å². The SMILES string of the molecule is O=C(O)c1ccc(CNCC2(Sc3ccccc3)CC2)cc1. The number of carbonyl (C=O) groups is 1. The number of rotatable bonds is 7. The van der Waals surface area contributed by atoms with E-state index in [9.17, 15) is 4.79 Å². The van der Waals surface area contributed by atoms with Crippen molar-refractivity contribution in [1.82, 2.24) is 5.32 Å². The zero-order chi connectivity index (χ0) is 15.4. The molecule has 0 atom stereocenters. The summed E-state index contributed by atoms with van der Waals surface area (Å²) in [4.78, 5) is 12.1. The van der Waals surface area contributed by atoms with Gasteiger partial charge in [-0.15, -0.1) is 11.8 Å². The maximum Gasteiger partial charge on any atom is 0.335 e. The molecule has 22 heavy (non-hydrogen) atoms. The van der Waals surface area contributed by atoms with Crippen LogP contribution in [0.5, 0.6) is 0 Å². The van der Waals surface area contributed by atoms with Crippen LogP contribution >= 0.6 is 11.8 Å². The van der Waals surface area contributed by atoms with Crippen molar-refractivity contribution in [3.05, 3.63) is 65.7 Å². The first kappa shape index (κ1) is 15.1. The van der Waals surface area contributed by atoms with E-state index in [-0.39, 0.29) is 0 Å². The van der Waals surface area contributed by atoms with Crippen molar-refractivity contribution in [2.75, 3.05) is 6.54 Å². The molecule has 1 aliphatic carbocycles. The molecule has 2 aromatic carbocycles. The lowest BCUT2D eigenvalue weighted by atomic mass is 10.1. The van der Waals surface area contributed by atoms with E-state index in [1.54, 1.807) is 12.1 Å². The molecular weight excluding hydrogens is 294 g/mol. The normalized spacial score (nSPS) is 15.5. The van der Waals surface area contributed by atoms with Crippen molar-refractivity contribution >= 4 is 17.7 Å². The third-order valence-corrected chi connectivity index (χ3v) is 5.36. The molecule has 3 rings (SSSR count). The zero-order valence-corrected chi connectivity index (χ0v) is 13.1. The number of hydrogen-bond acceptors (Lipinski definition) is 3. The lowest BCUT2D eigenvalue weighted by Gasteiger charge is -2.16. The lowest BCUT2D eigenvalue weighted by Crippen LogP contribution is -2.25. The molecule has 2 aromatic rings. The van der Waals surface area contributed by atoms with Crippen molar-refractivity contribution in [1.29, 1.82) is 0 Å². The van der Waals surface area contributed by atoms with Crippen LogP contribution in [0.2, 0.25) is 0 Å². The molecule has 114 valence electrons. The Morgan fingerprint density at radius 1 is 1.09 bits per heavy atom. The van der Waals surface area contributed by atoms with Crippen LogP contribution in [0.4, 0.5) is 0 Å².